The van der Waals surface area contributed by atoms with Crippen molar-refractivity contribution >= 4 is 43.9 Å². The number of carbonyl (C=O) groups is 1. The summed E-state index contributed by atoms with van der Waals surface area (Å²) in [5, 5.41) is 13.7. The molecule has 2 heterocycles. The van der Waals surface area contributed by atoms with Crippen molar-refractivity contribution < 1.29 is 4.79 Å². The highest BCUT2D eigenvalue weighted by atomic mass is 32.1. The zero-order valence-electron chi connectivity index (χ0n) is 13.8. The molecule has 0 aliphatic heterocycles. The highest BCUT2D eigenvalue weighted by Crippen LogP contribution is 2.28. The van der Waals surface area contributed by atoms with Crippen molar-refractivity contribution in [3.05, 3.63) is 34.3 Å². The van der Waals surface area contributed by atoms with Crippen molar-refractivity contribution in [1.82, 2.24) is 15.2 Å². The summed E-state index contributed by atoms with van der Waals surface area (Å²) in [4.78, 5) is 16.7. The Morgan fingerprint density at radius 3 is 2.71 bits per heavy atom. The van der Waals surface area contributed by atoms with Crippen LogP contribution < -0.4 is 5.32 Å². The second-order valence-corrected chi connectivity index (χ2v) is 7.71. The van der Waals surface area contributed by atoms with E-state index >= 15 is 0 Å². The first-order valence-electron chi connectivity index (χ1n) is 8.17. The molecule has 0 fully saturated rings. The average molecular weight is 361 g/mol. The van der Waals surface area contributed by atoms with E-state index < -0.39 is 0 Å². The summed E-state index contributed by atoms with van der Waals surface area (Å²) in [6, 6.07) is 8.03. The summed E-state index contributed by atoms with van der Waals surface area (Å²) in [7, 11) is 0. The lowest BCUT2D eigenvalue weighted by atomic mass is 10.1. The molecule has 0 saturated heterocycles. The lowest BCUT2D eigenvalue weighted by Crippen LogP contribution is -2.12. The van der Waals surface area contributed by atoms with E-state index in [1.165, 1.54) is 11.3 Å². The van der Waals surface area contributed by atoms with E-state index in [0.717, 1.165) is 33.1 Å². The number of rotatable bonds is 7. The van der Waals surface area contributed by atoms with E-state index in [9.17, 15) is 4.79 Å². The summed E-state index contributed by atoms with van der Waals surface area (Å²) in [6.45, 7) is 4.29. The van der Waals surface area contributed by atoms with Crippen molar-refractivity contribution in [2.45, 2.75) is 45.4 Å². The van der Waals surface area contributed by atoms with Crippen LogP contribution in [0.2, 0.25) is 0 Å². The van der Waals surface area contributed by atoms with Crippen LogP contribution in [0.25, 0.3) is 10.2 Å². The molecule has 3 rings (SSSR count). The standard InChI is InChI=1S/C17H20N4OS2/c1-3-11(4-2)16-20-21-17(24-16)19-14(22)9-10-15-18-12-7-5-6-8-13(12)23-15/h5-8,11H,3-4,9-10H2,1-2H3,(H,19,21,22). The molecular weight excluding hydrogens is 340 g/mol. The molecule has 0 radical (unpaired) electrons. The maximum absolute atomic E-state index is 12.1. The molecule has 0 saturated carbocycles. The average Bonchev–Trinajstić information content (AvgIpc) is 3.20. The summed E-state index contributed by atoms with van der Waals surface area (Å²) >= 11 is 3.12. The maximum Gasteiger partial charge on any atom is 0.226 e. The Kier molecular flexibility index (Phi) is 5.52. The molecular formula is C17H20N4OS2. The highest BCUT2D eigenvalue weighted by Gasteiger charge is 2.15. The summed E-state index contributed by atoms with van der Waals surface area (Å²) < 4.78 is 1.16. The van der Waals surface area contributed by atoms with Crippen LogP contribution in [0.1, 0.15) is 49.0 Å². The number of aryl methyl sites for hydroxylation is 1. The van der Waals surface area contributed by atoms with E-state index in [-0.39, 0.29) is 5.91 Å². The largest absolute Gasteiger partial charge is 0.301 e. The molecule has 1 N–H and O–H groups in total. The number of hydrogen-bond acceptors (Lipinski definition) is 6. The second-order valence-electron chi connectivity index (χ2n) is 5.58. The Hall–Kier alpha value is -1.86. The predicted octanol–water partition coefficient (Wildman–Crippen LogP) is 4.62. The molecule has 0 aliphatic carbocycles. The van der Waals surface area contributed by atoms with Gasteiger partial charge < -0.3 is 5.32 Å². The van der Waals surface area contributed by atoms with Crippen LogP contribution in [0.3, 0.4) is 0 Å². The molecule has 24 heavy (non-hydrogen) atoms. The monoisotopic (exact) mass is 360 g/mol. The van der Waals surface area contributed by atoms with Crippen molar-refractivity contribution in [2.75, 3.05) is 5.32 Å². The first-order valence-corrected chi connectivity index (χ1v) is 9.80. The van der Waals surface area contributed by atoms with Crippen molar-refractivity contribution in [3.8, 4) is 0 Å². The fourth-order valence-corrected chi connectivity index (χ4v) is 4.51. The minimum absolute atomic E-state index is 0.0403. The van der Waals surface area contributed by atoms with Gasteiger partial charge in [0.05, 0.1) is 15.2 Å². The Bertz CT molecular complexity index is 790. The number of thiazole rings is 1. The molecule has 1 aromatic carbocycles. The molecule has 0 spiro atoms. The topological polar surface area (TPSA) is 67.8 Å². The lowest BCUT2D eigenvalue weighted by Gasteiger charge is -2.05. The number of amides is 1. The number of para-hydroxylation sites is 1. The molecule has 0 unspecified atom stereocenters. The second kappa shape index (κ2) is 7.81. The van der Waals surface area contributed by atoms with Gasteiger partial charge in [0, 0.05) is 18.8 Å². The first kappa shape index (κ1) is 17.0. The molecule has 0 atom stereocenters. The number of fused-ring (bicyclic) bond motifs is 1. The predicted molar refractivity (Wildman–Crippen MR) is 99.8 cm³/mol. The maximum atomic E-state index is 12.1. The minimum Gasteiger partial charge on any atom is -0.301 e. The Morgan fingerprint density at radius 1 is 1.17 bits per heavy atom. The van der Waals surface area contributed by atoms with Crippen molar-refractivity contribution in [3.63, 3.8) is 0 Å². The van der Waals surface area contributed by atoms with Gasteiger partial charge in [-0.15, -0.1) is 21.5 Å². The zero-order valence-corrected chi connectivity index (χ0v) is 15.4. The molecule has 7 heteroatoms. The van der Waals surface area contributed by atoms with Gasteiger partial charge in [-0.1, -0.05) is 37.3 Å². The van der Waals surface area contributed by atoms with Gasteiger partial charge in [-0.2, -0.15) is 0 Å². The third kappa shape index (κ3) is 3.96. The van der Waals surface area contributed by atoms with Crippen LogP contribution in [-0.4, -0.2) is 21.1 Å². The molecule has 0 bridgehead atoms. The summed E-state index contributed by atoms with van der Waals surface area (Å²) in [6.07, 6.45) is 3.12. The molecule has 5 nitrogen and oxygen atoms in total. The Labute approximate surface area is 149 Å². The number of nitrogens with zero attached hydrogens (tertiary/aromatic N) is 3. The number of anilines is 1. The van der Waals surface area contributed by atoms with Gasteiger partial charge >= 0.3 is 0 Å². The third-order valence-corrected chi connectivity index (χ3v) is 6.02. The molecule has 2 aromatic heterocycles. The molecule has 1 amide bonds. The van der Waals surface area contributed by atoms with E-state index in [0.29, 0.717) is 23.9 Å². The number of hydrogen-bond donors (Lipinski definition) is 1. The lowest BCUT2D eigenvalue weighted by molar-refractivity contribution is -0.116. The number of aromatic nitrogens is 3. The van der Waals surface area contributed by atoms with Gasteiger partial charge in [-0.3, -0.25) is 4.79 Å². The Morgan fingerprint density at radius 2 is 1.96 bits per heavy atom. The zero-order chi connectivity index (χ0) is 16.9. The van der Waals surface area contributed by atoms with Crippen molar-refractivity contribution in [1.29, 1.82) is 0 Å². The van der Waals surface area contributed by atoms with Gasteiger partial charge in [-0.25, -0.2) is 4.98 Å². The van der Waals surface area contributed by atoms with Crippen LogP contribution in [0.15, 0.2) is 24.3 Å². The van der Waals surface area contributed by atoms with Gasteiger partial charge in [0.15, 0.2) is 0 Å². The van der Waals surface area contributed by atoms with Gasteiger partial charge in [-0.05, 0) is 25.0 Å². The van der Waals surface area contributed by atoms with Gasteiger partial charge in [0.2, 0.25) is 11.0 Å². The van der Waals surface area contributed by atoms with E-state index in [1.807, 2.05) is 18.2 Å². The number of nitrogens with one attached hydrogen (secondary N) is 1. The number of benzene rings is 1. The third-order valence-electron chi connectivity index (χ3n) is 3.93. The minimum atomic E-state index is -0.0403. The fraction of sp³-hybridized carbons (Fsp3) is 0.412. The smallest absolute Gasteiger partial charge is 0.226 e. The van der Waals surface area contributed by atoms with Gasteiger partial charge in [0.25, 0.3) is 0 Å². The SMILES string of the molecule is CCC(CC)c1nnc(NC(=O)CCc2nc3ccccc3s2)s1. The number of carbonyl (C=O) groups excluding carboxylic acids is 1. The van der Waals surface area contributed by atoms with Crippen LogP contribution in [0.4, 0.5) is 5.13 Å². The van der Waals surface area contributed by atoms with E-state index in [1.54, 1.807) is 11.3 Å². The van der Waals surface area contributed by atoms with E-state index in [2.05, 4.69) is 40.4 Å². The van der Waals surface area contributed by atoms with Crippen LogP contribution in [-0.2, 0) is 11.2 Å². The summed E-state index contributed by atoms with van der Waals surface area (Å²) in [5.41, 5.74) is 0.997. The summed E-state index contributed by atoms with van der Waals surface area (Å²) in [5.74, 6) is 0.386. The fourth-order valence-electron chi connectivity index (χ4n) is 2.52. The highest BCUT2D eigenvalue weighted by molar-refractivity contribution is 7.18. The quantitative estimate of drug-likeness (QED) is 0.667. The normalized spacial score (nSPS) is 11.3. The van der Waals surface area contributed by atoms with Gasteiger partial charge in [0.1, 0.15) is 5.01 Å². The molecule has 0 aliphatic rings. The van der Waals surface area contributed by atoms with Crippen LogP contribution in [0, 0.1) is 0 Å². The van der Waals surface area contributed by atoms with Crippen LogP contribution >= 0.6 is 22.7 Å². The first-order chi connectivity index (χ1) is 11.7. The Balaban J connectivity index is 1.55. The molecule has 126 valence electrons. The van der Waals surface area contributed by atoms with E-state index in [4.69, 9.17) is 0 Å². The van der Waals surface area contributed by atoms with Crippen LogP contribution in [0.5, 0.6) is 0 Å². The van der Waals surface area contributed by atoms with Crippen molar-refractivity contribution in [2.24, 2.45) is 0 Å². The molecule has 3 aromatic rings.